The van der Waals surface area contributed by atoms with Crippen molar-refractivity contribution in [2.24, 2.45) is 0 Å². The van der Waals surface area contributed by atoms with Crippen LogP contribution in [0.1, 0.15) is 31.1 Å². The molecule has 18 rings (SSSR count). The lowest BCUT2D eigenvalue weighted by Gasteiger charge is -2.37. The Bertz CT molecular complexity index is 6730. The van der Waals surface area contributed by atoms with Gasteiger partial charge < -0.3 is 93.8 Å². The standard InChI is InChI=1S/C30H28ClN7O5S2.C30H28FN7O5S2.C30H29N7O6S2/c2*1-42-24-15-22-23(16-25(24)43-2)35-27-26(22)28(33-17-32-27)37-11-13-38(14-12-37)30(44)34-20-7-9-21(10-8-20)45(40,41)36-29(39)18-3-5-19(31)6-4-18;1-42-24-15-22-23(16-25(24)43-2)34-27-26(22)28(32-17-31-27)36-11-13-37(14-12-36)30(44)33-19-5-9-21(10-6-19)45(40,41)35-29(39)18-3-7-20(38)8-4-18/h2*3-10,15-17H,11-14H2,1-2H3,(H,34,44)(H,36,39)(H,32,33,35);3-10,15-17,38H,11-14H2,1-2H3,(H,33,44)(H,35,39)(H,31,32,34). The molecular formula is C90H85ClFN21O16S6. The van der Waals surface area contributed by atoms with Crippen LogP contribution in [0.15, 0.2) is 216 Å². The van der Waals surface area contributed by atoms with Gasteiger partial charge in [-0.15, -0.1) is 0 Å². The van der Waals surface area contributed by atoms with Crippen LogP contribution in [0.4, 0.5) is 38.9 Å². The number of ether oxygens (including phenoxy) is 6. The number of aromatic nitrogens is 9. The maximum absolute atomic E-state index is 13.1. The summed E-state index contributed by atoms with van der Waals surface area (Å²) >= 11 is 22.8. The number of phenols is 1. The van der Waals surface area contributed by atoms with Crippen LogP contribution in [0.5, 0.6) is 40.2 Å². The van der Waals surface area contributed by atoms with Crippen LogP contribution < -0.4 is 73.2 Å². The predicted octanol–water partition coefficient (Wildman–Crippen LogP) is 11.8. The van der Waals surface area contributed by atoms with Crippen molar-refractivity contribution in [3.8, 4) is 40.2 Å². The number of methoxy groups -OCH3 is 6. The van der Waals surface area contributed by atoms with Gasteiger partial charge >= 0.3 is 0 Å². The van der Waals surface area contributed by atoms with Crippen LogP contribution in [0, 0.1) is 5.82 Å². The second-order valence-electron chi connectivity index (χ2n) is 30.5. The number of carbonyl (C=O) groups is 3. The van der Waals surface area contributed by atoms with E-state index in [-0.39, 0.29) is 37.1 Å². The van der Waals surface area contributed by atoms with Crippen LogP contribution in [-0.2, 0) is 30.1 Å². The summed E-state index contributed by atoms with van der Waals surface area (Å²) in [4.78, 5) is 86.8. The molecular weight excluding hydrogens is 1880 g/mol. The molecule has 37 nitrogen and oxygen atoms in total. The van der Waals surface area contributed by atoms with Gasteiger partial charge in [0.2, 0.25) is 0 Å². The van der Waals surface area contributed by atoms with E-state index >= 15 is 0 Å². The zero-order valence-electron chi connectivity index (χ0n) is 72.7. The van der Waals surface area contributed by atoms with E-state index in [1.165, 1.54) is 103 Å². The molecule has 0 radical (unpaired) electrons. The smallest absolute Gasteiger partial charge is 0.265 e. The maximum atomic E-state index is 13.1. The number of halogens is 2. The normalized spacial score (nSPS) is 13.6. The molecule has 9 heterocycles. The van der Waals surface area contributed by atoms with Crippen LogP contribution in [-0.4, -0.2) is 244 Å². The van der Waals surface area contributed by atoms with Gasteiger partial charge in [0.05, 0.1) is 90.1 Å². The highest BCUT2D eigenvalue weighted by Crippen LogP contribution is 2.43. The number of thiocarbonyl (C=S) groups is 3. The molecule has 135 heavy (non-hydrogen) atoms. The van der Waals surface area contributed by atoms with Crippen molar-refractivity contribution >= 4 is 212 Å². The van der Waals surface area contributed by atoms with E-state index in [2.05, 4.69) is 80.2 Å². The van der Waals surface area contributed by atoms with Crippen LogP contribution in [0.3, 0.4) is 0 Å². The Morgan fingerprint density at radius 3 is 0.881 bits per heavy atom. The number of aromatic amines is 3. The molecule has 6 aromatic heterocycles. The largest absolute Gasteiger partial charge is 0.508 e. The van der Waals surface area contributed by atoms with Crippen molar-refractivity contribution < 1.29 is 77.6 Å². The number of phenolic OH excluding ortho intramolecular Hbond substituents is 1. The molecule has 3 amide bonds. The molecule has 696 valence electrons. The molecule has 0 aliphatic carbocycles. The number of nitrogens with one attached hydrogen (secondary N) is 9. The second kappa shape index (κ2) is 39.9. The third-order valence-electron chi connectivity index (χ3n) is 22.5. The van der Waals surface area contributed by atoms with Crippen molar-refractivity contribution in [2.75, 3.05) is 152 Å². The van der Waals surface area contributed by atoms with Crippen LogP contribution >= 0.6 is 48.3 Å². The Balaban J connectivity index is 0.000000147. The van der Waals surface area contributed by atoms with Gasteiger partial charge in [0.25, 0.3) is 47.8 Å². The van der Waals surface area contributed by atoms with Gasteiger partial charge in [0.1, 0.15) is 64.9 Å². The highest BCUT2D eigenvalue weighted by molar-refractivity contribution is 7.90. The zero-order valence-corrected chi connectivity index (χ0v) is 78.3. The molecule has 0 bridgehead atoms. The summed E-state index contributed by atoms with van der Waals surface area (Å²) in [6.07, 6.45) is 4.63. The molecule has 0 spiro atoms. The average molecular weight is 1960 g/mol. The van der Waals surface area contributed by atoms with Crippen molar-refractivity contribution in [1.29, 1.82) is 0 Å². The molecule has 3 aliphatic heterocycles. The van der Waals surface area contributed by atoms with Crippen molar-refractivity contribution in [2.45, 2.75) is 14.7 Å². The minimum absolute atomic E-state index is 0.0233. The van der Waals surface area contributed by atoms with E-state index in [4.69, 9.17) is 76.7 Å². The highest BCUT2D eigenvalue weighted by atomic mass is 35.5. The topological polar surface area (TPSA) is 446 Å². The van der Waals surface area contributed by atoms with E-state index in [1.54, 1.807) is 91.7 Å². The molecule has 10 N–H and O–H groups in total. The first-order chi connectivity index (χ1) is 65.0. The SMILES string of the molecule is COc1cc2[nH]c3ncnc(N4CCN(C(=S)Nc5ccc(S(=O)(=O)NC(=O)c6ccc(Cl)cc6)cc5)CC4)c3c2cc1OC.COc1cc2[nH]c3ncnc(N4CCN(C(=S)Nc5ccc(S(=O)(=O)NC(=O)c6ccc(F)cc6)cc5)CC4)c3c2cc1OC.COc1cc2[nH]c3ncnc(N4CCN(C(=S)Nc5ccc(S(=O)(=O)NC(=O)c6ccc(O)cc6)cc5)CC4)c3c2cc1OC. The van der Waals surface area contributed by atoms with E-state index < -0.39 is 53.6 Å². The number of amides is 3. The van der Waals surface area contributed by atoms with Gasteiger partial charge in [-0.2, -0.15) is 0 Å². The monoisotopic (exact) mass is 1960 g/mol. The number of benzene rings is 9. The first-order valence-corrected chi connectivity index (χ1v) is 47.4. The number of piperazine rings is 3. The lowest BCUT2D eigenvalue weighted by Crippen LogP contribution is -2.50. The van der Waals surface area contributed by atoms with Crippen molar-refractivity contribution in [3.05, 3.63) is 229 Å². The Morgan fingerprint density at radius 1 is 0.363 bits per heavy atom. The lowest BCUT2D eigenvalue weighted by molar-refractivity contribution is 0.0972. The number of carbonyl (C=O) groups excluding carboxylic acids is 3. The van der Waals surface area contributed by atoms with E-state index in [0.29, 0.717) is 156 Å². The predicted molar refractivity (Wildman–Crippen MR) is 523 cm³/mol. The van der Waals surface area contributed by atoms with Crippen LogP contribution in [0.25, 0.3) is 65.8 Å². The quantitative estimate of drug-likeness (QED) is 0.0299. The Hall–Kier alpha value is -14.8. The third kappa shape index (κ3) is 20.5. The number of rotatable bonds is 21. The fourth-order valence-corrected chi connectivity index (χ4v) is 19.4. The van der Waals surface area contributed by atoms with Gasteiger partial charge in [0, 0.05) is 152 Å². The molecule has 3 saturated heterocycles. The zero-order chi connectivity index (χ0) is 95.1. The number of fused-ring (bicyclic) bond motifs is 9. The minimum atomic E-state index is -4.14. The molecule has 9 aromatic carbocycles. The second-order valence-corrected chi connectivity index (χ2v) is 37.2. The molecule has 0 unspecified atom stereocenters. The summed E-state index contributed by atoms with van der Waals surface area (Å²) in [6, 6.07) is 45.1. The molecule has 3 fully saturated rings. The number of nitrogens with zero attached hydrogens (tertiary/aromatic N) is 12. The van der Waals surface area contributed by atoms with Gasteiger partial charge in [-0.3, -0.25) is 14.4 Å². The molecule has 0 saturated carbocycles. The Morgan fingerprint density at radius 2 is 0.615 bits per heavy atom. The molecule has 15 aromatic rings. The summed E-state index contributed by atoms with van der Waals surface area (Å²) in [7, 11) is -2.75. The van der Waals surface area contributed by atoms with Crippen molar-refractivity contribution in [3.63, 3.8) is 0 Å². The third-order valence-corrected chi connectivity index (χ3v) is 27.9. The Kier molecular flexibility index (Phi) is 27.6. The van der Waals surface area contributed by atoms with Crippen molar-refractivity contribution in [1.82, 2.24) is 73.7 Å². The Labute approximate surface area is 792 Å². The summed E-state index contributed by atoms with van der Waals surface area (Å²) in [5, 5.41) is 26.3. The summed E-state index contributed by atoms with van der Waals surface area (Å²) in [5.74, 6) is 3.18. The van der Waals surface area contributed by atoms with E-state index in [1.807, 2.05) is 60.5 Å². The van der Waals surface area contributed by atoms with E-state index in [9.17, 15) is 49.1 Å². The first-order valence-electron chi connectivity index (χ1n) is 41.4. The first kappa shape index (κ1) is 93.4. The lowest BCUT2D eigenvalue weighted by atomic mass is 10.1. The van der Waals surface area contributed by atoms with Gasteiger partial charge in [-0.05, 0) is 200 Å². The number of aromatic hydroxyl groups is 1. The number of anilines is 6. The minimum Gasteiger partial charge on any atom is -0.508 e. The summed E-state index contributed by atoms with van der Waals surface area (Å²) in [6.45, 7) is 7.74. The molecule has 45 heteroatoms. The van der Waals surface area contributed by atoms with Gasteiger partial charge in [-0.25, -0.2) is 73.7 Å². The number of H-pyrrole nitrogens is 3. The fraction of sp³-hybridized carbons (Fsp3) is 0.200. The number of hydrogen-bond donors (Lipinski definition) is 10. The van der Waals surface area contributed by atoms with Gasteiger partial charge in [-0.1, -0.05) is 11.6 Å². The average Bonchev–Trinajstić information content (AvgIpc) is 1.61. The van der Waals surface area contributed by atoms with E-state index in [0.717, 1.165) is 89.7 Å². The maximum Gasteiger partial charge on any atom is 0.265 e. The fourth-order valence-electron chi connectivity index (χ4n) is 15.5. The number of hydrogen-bond acceptors (Lipinski definition) is 28. The molecule has 0 atom stereocenters. The number of sulfonamides is 3. The highest BCUT2D eigenvalue weighted by Gasteiger charge is 2.31. The summed E-state index contributed by atoms with van der Waals surface area (Å²) in [5.41, 5.74) is 6.87. The van der Waals surface area contributed by atoms with Crippen LogP contribution in [0.2, 0.25) is 5.02 Å². The van der Waals surface area contributed by atoms with Gasteiger partial charge in [0.15, 0.2) is 49.8 Å². The molecule has 3 aliphatic rings. The summed E-state index contributed by atoms with van der Waals surface area (Å²) < 4.78 is 129.